The second-order valence-electron chi connectivity index (χ2n) is 3.77. The van der Waals surface area contributed by atoms with Crippen molar-refractivity contribution in [3.05, 3.63) is 47.9 Å². The van der Waals surface area contributed by atoms with E-state index in [1.807, 2.05) is 18.4 Å². The summed E-state index contributed by atoms with van der Waals surface area (Å²) >= 11 is 1.60. The van der Waals surface area contributed by atoms with Crippen molar-refractivity contribution < 1.29 is 9.18 Å². The van der Waals surface area contributed by atoms with Gasteiger partial charge in [0.1, 0.15) is 11.6 Å². The first kappa shape index (κ1) is 13.4. The van der Waals surface area contributed by atoms with Gasteiger partial charge in [0, 0.05) is 10.6 Å². The molecule has 19 heavy (non-hydrogen) atoms. The number of hydrogen-bond acceptors (Lipinski definition) is 4. The van der Waals surface area contributed by atoms with Crippen LogP contribution in [0, 0.1) is 5.82 Å². The normalized spacial score (nSPS) is 10.2. The molecular formula is C13H12FN3OS. The summed E-state index contributed by atoms with van der Waals surface area (Å²) < 4.78 is 13.0. The Morgan fingerprint density at radius 2 is 2.05 bits per heavy atom. The summed E-state index contributed by atoms with van der Waals surface area (Å²) in [5.41, 5.74) is 6.19. The second kappa shape index (κ2) is 5.71. The third kappa shape index (κ3) is 3.23. The molecule has 0 fully saturated rings. The maximum Gasteiger partial charge on any atom is 0.259 e. The Balaban J connectivity index is 2.18. The van der Waals surface area contributed by atoms with Crippen LogP contribution in [0.25, 0.3) is 0 Å². The van der Waals surface area contributed by atoms with E-state index in [2.05, 4.69) is 10.3 Å². The highest BCUT2D eigenvalue weighted by Gasteiger charge is 2.12. The van der Waals surface area contributed by atoms with Crippen molar-refractivity contribution in [1.29, 1.82) is 0 Å². The van der Waals surface area contributed by atoms with Crippen LogP contribution in [0.1, 0.15) is 10.4 Å². The van der Waals surface area contributed by atoms with Gasteiger partial charge in [-0.15, -0.1) is 11.8 Å². The number of halogens is 1. The number of anilines is 2. The van der Waals surface area contributed by atoms with Crippen LogP contribution >= 0.6 is 11.8 Å². The van der Waals surface area contributed by atoms with Gasteiger partial charge < -0.3 is 11.1 Å². The Morgan fingerprint density at radius 1 is 1.37 bits per heavy atom. The lowest BCUT2D eigenvalue weighted by Gasteiger charge is -2.07. The number of hydrogen-bond donors (Lipinski definition) is 2. The van der Waals surface area contributed by atoms with E-state index in [4.69, 9.17) is 5.73 Å². The van der Waals surface area contributed by atoms with E-state index in [0.717, 1.165) is 17.2 Å². The molecule has 0 saturated carbocycles. The fraction of sp³-hybridized carbons (Fsp3) is 0.0769. The molecule has 2 rings (SSSR count). The lowest BCUT2D eigenvalue weighted by molar-refractivity contribution is 0.102. The van der Waals surface area contributed by atoms with Crippen LogP contribution < -0.4 is 11.1 Å². The van der Waals surface area contributed by atoms with Crippen molar-refractivity contribution in [3.63, 3.8) is 0 Å². The van der Waals surface area contributed by atoms with Crippen LogP contribution in [0.5, 0.6) is 0 Å². The average molecular weight is 277 g/mol. The van der Waals surface area contributed by atoms with Crippen molar-refractivity contribution >= 4 is 29.2 Å². The lowest BCUT2D eigenvalue weighted by Crippen LogP contribution is -2.15. The van der Waals surface area contributed by atoms with Crippen molar-refractivity contribution in [3.8, 4) is 0 Å². The molecule has 2 aromatic rings. The van der Waals surface area contributed by atoms with Crippen LogP contribution in [-0.2, 0) is 0 Å². The molecule has 1 amide bonds. The first-order valence-electron chi connectivity index (χ1n) is 5.46. The zero-order chi connectivity index (χ0) is 13.8. The summed E-state index contributed by atoms with van der Waals surface area (Å²) in [5, 5.41) is 2.64. The lowest BCUT2D eigenvalue weighted by atomic mass is 10.2. The fourth-order valence-electron chi connectivity index (χ4n) is 1.50. The van der Waals surface area contributed by atoms with Gasteiger partial charge in [-0.2, -0.15) is 0 Å². The molecule has 4 nitrogen and oxygen atoms in total. The summed E-state index contributed by atoms with van der Waals surface area (Å²) in [6.45, 7) is 0. The third-order valence-electron chi connectivity index (χ3n) is 2.48. The Labute approximate surface area is 114 Å². The molecule has 3 N–H and O–H groups in total. The molecule has 0 aliphatic carbocycles. The molecule has 0 bridgehead atoms. The Morgan fingerprint density at radius 3 is 2.68 bits per heavy atom. The summed E-state index contributed by atoms with van der Waals surface area (Å²) in [7, 11) is 0. The summed E-state index contributed by atoms with van der Waals surface area (Å²) in [5.74, 6) is -1.09. The minimum atomic E-state index is -0.600. The van der Waals surface area contributed by atoms with Crippen LogP contribution in [0.15, 0.2) is 41.4 Å². The molecule has 0 spiro atoms. The molecule has 1 aromatic carbocycles. The first-order chi connectivity index (χ1) is 9.10. The molecule has 0 radical (unpaired) electrons. The van der Waals surface area contributed by atoms with Crippen LogP contribution in [-0.4, -0.2) is 17.1 Å². The minimum absolute atomic E-state index is 0.000339. The minimum Gasteiger partial charge on any atom is -0.383 e. The molecule has 6 heteroatoms. The predicted octanol–water partition coefficient (Wildman–Crippen LogP) is 2.78. The molecule has 1 heterocycles. The number of aromatic nitrogens is 1. The second-order valence-corrected chi connectivity index (χ2v) is 4.65. The maximum absolute atomic E-state index is 13.0. The van der Waals surface area contributed by atoms with Crippen LogP contribution in [0.4, 0.5) is 15.9 Å². The van der Waals surface area contributed by atoms with E-state index in [-0.39, 0.29) is 11.4 Å². The maximum atomic E-state index is 13.0. The highest BCUT2D eigenvalue weighted by atomic mass is 32.2. The number of carbonyl (C=O) groups is 1. The number of nitrogens with zero attached hydrogens (tertiary/aromatic N) is 1. The molecule has 0 aliphatic heterocycles. The van der Waals surface area contributed by atoms with Crippen molar-refractivity contribution in [1.82, 2.24) is 4.98 Å². The number of nitrogen functional groups attached to an aromatic ring is 1. The Hall–Kier alpha value is -2.08. The Kier molecular flexibility index (Phi) is 4.01. The Bertz CT molecular complexity index is 601. The molecular weight excluding hydrogens is 265 g/mol. The van der Waals surface area contributed by atoms with Crippen LogP contribution in [0.3, 0.4) is 0 Å². The monoisotopic (exact) mass is 277 g/mol. The number of nitrogens with two attached hydrogens (primary N) is 1. The van der Waals surface area contributed by atoms with Crippen molar-refractivity contribution in [2.45, 2.75) is 4.90 Å². The fourth-order valence-corrected chi connectivity index (χ4v) is 1.91. The van der Waals surface area contributed by atoms with Gasteiger partial charge in [-0.05, 0) is 36.6 Å². The molecule has 0 unspecified atom stereocenters. The van der Waals surface area contributed by atoms with Gasteiger partial charge in [-0.3, -0.25) is 4.79 Å². The number of pyridine rings is 1. The predicted molar refractivity (Wildman–Crippen MR) is 74.8 cm³/mol. The smallest absolute Gasteiger partial charge is 0.259 e. The first-order valence-corrected chi connectivity index (χ1v) is 6.69. The number of rotatable bonds is 3. The van der Waals surface area contributed by atoms with Gasteiger partial charge in [-0.1, -0.05) is 0 Å². The number of carbonyl (C=O) groups excluding carboxylic acids is 1. The standard InChI is InChI=1S/C13H12FN3OS/c1-19-10-4-2-9(3-5-10)17-13(18)11-6-8(14)7-16-12(11)15/h2-7H,1H3,(H2,15,16)(H,17,18). The highest BCUT2D eigenvalue weighted by molar-refractivity contribution is 7.98. The van der Waals surface area contributed by atoms with Crippen molar-refractivity contribution in [2.24, 2.45) is 0 Å². The summed E-state index contributed by atoms with van der Waals surface area (Å²) in [6.07, 6.45) is 2.94. The number of amides is 1. The molecule has 0 aliphatic rings. The van der Waals surface area contributed by atoms with E-state index < -0.39 is 11.7 Å². The molecule has 0 saturated heterocycles. The van der Waals surface area contributed by atoms with Gasteiger partial charge >= 0.3 is 0 Å². The van der Waals surface area contributed by atoms with E-state index in [0.29, 0.717) is 5.69 Å². The molecule has 0 atom stereocenters. The topological polar surface area (TPSA) is 68.0 Å². The molecule has 1 aromatic heterocycles. The zero-order valence-corrected chi connectivity index (χ0v) is 11.0. The van der Waals surface area contributed by atoms with Gasteiger partial charge in [0.25, 0.3) is 5.91 Å². The highest BCUT2D eigenvalue weighted by Crippen LogP contribution is 2.19. The average Bonchev–Trinajstić information content (AvgIpc) is 2.42. The van der Waals surface area contributed by atoms with Crippen LogP contribution in [0.2, 0.25) is 0 Å². The SMILES string of the molecule is CSc1ccc(NC(=O)c2cc(F)cnc2N)cc1. The van der Waals surface area contributed by atoms with E-state index >= 15 is 0 Å². The van der Waals surface area contributed by atoms with E-state index in [1.54, 1.807) is 23.9 Å². The van der Waals surface area contributed by atoms with Gasteiger partial charge in [0.2, 0.25) is 0 Å². The van der Waals surface area contributed by atoms with Gasteiger partial charge in [0.15, 0.2) is 0 Å². The third-order valence-corrected chi connectivity index (χ3v) is 3.22. The van der Waals surface area contributed by atoms with E-state index in [1.165, 1.54) is 0 Å². The molecule has 98 valence electrons. The number of thioether (sulfide) groups is 1. The zero-order valence-electron chi connectivity index (χ0n) is 10.2. The largest absolute Gasteiger partial charge is 0.383 e. The summed E-state index contributed by atoms with van der Waals surface area (Å²) in [6, 6.07) is 8.37. The van der Waals surface area contributed by atoms with Crippen molar-refractivity contribution in [2.75, 3.05) is 17.3 Å². The van der Waals surface area contributed by atoms with Gasteiger partial charge in [0.05, 0.1) is 11.8 Å². The quantitative estimate of drug-likeness (QED) is 0.846. The van der Waals surface area contributed by atoms with E-state index in [9.17, 15) is 9.18 Å². The van der Waals surface area contributed by atoms with Gasteiger partial charge in [-0.25, -0.2) is 9.37 Å². The summed E-state index contributed by atoms with van der Waals surface area (Å²) in [4.78, 5) is 16.6. The number of benzene rings is 1. The number of nitrogens with one attached hydrogen (secondary N) is 1.